The molecule has 3 aromatic carbocycles. The number of ether oxygens (including phenoxy) is 1. The number of methoxy groups -OCH3 is 1. The summed E-state index contributed by atoms with van der Waals surface area (Å²) in [4.78, 5) is 3.50. The van der Waals surface area contributed by atoms with Gasteiger partial charge in [0.2, 0.25) is 0 Å². The predicted molar refractivity (Wildman–Crippen MR) is 87.8 cm³/mol. The Morgan fingerprint density at radius 1 is 0.810 bits per heavy atom. The quantitative estimate of drug-likeness (QED) is 0.546. The van der Waals surface area contributed by atoms with Gasteiger partial charge in [-0.05, 0) is 22.9 Å². The molecule has 0 aliphatic rings. The highest BCUT2D eigenvalue weighted by atomic mass is 16.5. The molecule has 1 heterocycles. The van der Waals surface area contributed by atoms with E-state index in [2.05, 4.69) is 59.6 Å². The van der Waals surface area contributed by atoms with Crippen molar-refractivity contribution in [1.29, 1.82) is 0 Å². The Kier molecular flexibility index (Phi) is 2.68. The average Bonchev–Trinajstić information content (AvgIpc) is 2.98. The lowest BCUT2D eigenvalue weighted by Gasteiger charge is -2.04. The largest absolute Gasteiger partial charge is 0.495 e. The molecule has 0 unspecified atom stereocenters. The Labute approximate surface area is 123 Å². The summed E-state index contributed by atoms with van der Waals surface area (Å²) >= 11 is 0. The van der Waals surface area contributed by atoms with Gasteiger partial charge in [0, 0.05) is 16.6 Å². The predicted octanol–water partition coefficient (Wildman–Crippen LogP) is 5.00. The second-order valence-corrected chi connectivity index (χ2v) is 5.13. The highest BCUT2D eigenvalue weighted by Crippen LogP contribution is 2.33. The van der Waals surface area contributed by atoms with Crippen LogP contribution in [-0.4, -0.2) is 12.1 Å². The summed E-state index contributed by atoms with van der Waals surface area (Å²) in [5.41, 5.74) is 3.38. The number of benzene rings is 3. The molecule has 2 heteroatoms. The molecule has 0 aliphatic carbocycles. The van der Waals surface area contributed by atoms with Crippen molar-refractivity contribution in [2.75, 3.05) is 7.11 Å². The zero-order valence-corrected chi connectivity index (χ0v) is 11.8. The SMILES string of the molecule is COc1cccc2cc(-c3cccc4ccccc34)[nH]c12. The molecule has 0 amide bonds. The Balaban J connectivity index is 2.01. The third-order valence-electron chi connectivity index (χ3n) is 3.92. The number of hydrogen-bond donors (Lipinski definition) is 1. The van der Waals surface area contributed by atoms with E-state index in [1.54, 1.807) is 7.11 Å². The van der Waals surface area contributed by atoms with Gasteiger partial charge in [-0.3, -0.25) is 0 Å². The third kappa shape index (κ3) is 1.88. The average molecular weight is 273 g/mol. The standard InChI is InChI=1S/C19H15NO/c1-21-18-11-5-8-14-12-17(20-19(14)18)16-10-4-7-13-6-2-3-9-15(13)16/h2-12,20H,1H3. The number of para-hydroxylation sites is 1. The molecule has 0 saturated heterocycles. The first kappa shape index (κ1) is 12.0. The van der Waals surface area contributed by atoms with Crippen molar-refractivity contribution in [3.05, 3.63) is 66.7 Å². The highest BCUT2D eigenvalue weighted by molar-refractivity contribution is 5.99. The molecule has 1 aromatic heterocycles. The summed E-state index contributed by atoms with van der Waals surface area (Å²) in [5, 5.41) is 3.67. The Morgan fingerprint density at radius 2 is 1.57 bits per heavy atom. The molecule has 0 radical (unpaired) electrons. The highest BCUT2D eigenvalue weighted by Gasteiger charge is 2.09. The Morgan fingerprint density at radius 3 is 2.48 bits per heavy atom. The van der Waals surface area contributed by atoms with E-state index >= 15 is 0 Å². The van der Waals surface area contributed by atoms with Crippen LogP contribution < -0.4 is 4.74 Å². The maximum Gasteiger partial charge on any atom is 0.142 e. The van der Waals surface area contributed by atoms with Gasteiger partial charge in [-0.1, -0.05) is 54.6 Å². The van der Waals surface area contributed by atoms with E-state index in [1.165, 1.54) is 16.3 Å². The Bertz CT molecular complexity index is 931. The molecule has 0 fully saturated rings. The fourth-order valence-electron chi connectivity index (χ4n) is 2.90. The van der Waals surface area contributed by atoms with E-state index in [1.807, 2.05) is 12.1 Å². The normalized spacial score (nSPS) is 11.1. The van der Waals surface area contributed by atoms with Crippen molar-refractivity contribution < 1.29 is 4.74 Å². The summed E-state index contributed by atoms with van der Waals surface area (Å²) < 4.78 is 5.43. The number of rotatable bonds is 2. The minimum atomic E-state index is 0.874. The molecule has 1 N–H and O–H groups in total. The van der Waals surface area contributed by atoms with E-state index in [0.717, 1.165) is 22.3 Å². The number of fused-ring (bicyclic) bond motifs is 2. The van der Waals surface area contributed by atoms with Gasteiger partial charge >= 0.3 is 0 Å². The minimum Gasteiger partial charge on any atom is -0.495 e. The summed E-state index contributed by atoms with van der Waals surface area (Å²) in [7, 11) is 1.70. The van der Waals surface area contributed by atoms with E-state index in [-0.39, 0.29) is 0 Å². The molecule has 0 aliphatic heterocycles. The molecule has 2 nitrogen and oxygen atoms in total. The first-order valence-corrected chi connectivity index (χ1v) is 7.01. The number of aromatic amines is 1. The molecule has 0 saturated carbocycles. The maximum atomic E-state index is 5.43. The van der Waals surface area contributed by atoms with Gasteiger partial charge in [0.15, 0.2) is 0 Å². The van der Waals surface area contributed by atoms with Crippen LogP contribution in [0.2, 0.25) is 0 Å². The lowest BCUT2D eigenvalue weighted by atomic mass is 10.0. The lowest BCUT2D eigenvalue weighted by molar-refractivity contribution is 0.419. The lowest BCUT2D eigenvalue weighted by Crippen LogP contribution is -1.84. The van der Waals surface area contributed by atoms with Gasteiger partial charge in [0.1, 0.15) is 5.75 Å². The fraction of sp³-hybridized carbons (Fsp3) is 0.0526. The first-order valence-electron chi connectivity index (χ1n) is 7.01. The van der Waals surface area contributed by atoms with Crippen LogP contribution in [0, 0.1) is 0 Å². The number of aromatic nitrogens is 1. The van der Waals surface area contributed by atoms with Crippen LogP contribution >= 0.6 is 0 Å². The first-order chi connectivity index (χ1) is 10.4. The molecular formula is C19H15NO. The molecule has 0 bridgehead atoms. The van der Waals surface area contributed by atoms with Gasteiger partial charge < -0.3 is 9.72 Å². The molecule has 0 atom stereocenters. The topological polar surface area (TPSA) is 25.0 Å². The number of hydrogen-bond acceptors (Lipinski definition) is 1. The van der Waals surface area contributed by atoms with Crippen LogP contribution in [0.15, 0.2) is 66.7 Å². The number of H-pyrrole nitrogens is 1. The van der Waals surface area contributed by atoms with Crippen molar-refractivity contribution in [2.45, 2.75) is 0 Å². The zero-order chi connectivity index (χ0) is 14.2. The van der Waals surface area contributed by atoms with Gasteiger partial charge in [-0.25, -0.2) is 0 Å². The van der Waals surface area contributed by atoms with E-state index in [4.69, 9.17) is 4.74 Å². The zero-order valence-electron chi connectivity index (χ0n) is 11.8. The minimum absolute atomic E-state index is 0.874. The van der Waals surface area contributed by atoms with Gasteiger partial charge in [0.25, 0.3) is 0 Å². The van der Waals surface area contributed by atoms with Crippen molar-refractivity contribution in [1.82, 2.24) is 4.98 Å². The Hall–Kier alpha value is -2.74. The van der Waals surface area contributed by atoms with E-state index in [9.17, 15) is 0 Å². The molecule has 0 spiro atoms. The van der Waals surface area contributed by atoms with Crippen LogP contribution in [0.1, 0.15) is 0 Å². The summed E-state index contributed by atoms with van der Waals surface area (Å²) in [6.45, 7) is 0. The van der Waals surface area contributed by atoms with Crippen LogP contribution in [0.4, 0.5) is 0 Å². The summed E-state index contributed by atoms with van der Waals surface area (Å²) in [6.07, 6.45) is 0. The van der Waals surface area contributed by atoms with Gasteiger partial charge in [-0.15, -0.1) is 0 Å². The maximum absolute atomic E-state index is 5.43. The van der Waals surface area contributed by atoms with Crippen LogP contribution in [0.25, 0.3) is 32.9 Å². The monoisotopic (exact) mass is 273 g/mol. The molecular weight excluding hydrogens is 258 g/mol. The summed E-state index contributed by atoms with van der Waals surface area (Å²) in [5.74, 6) is 0.874. The molecule has 21 heavy (non-hydrogen) atoms. The molecule has 4 aromatic rings. The van der Waals surface area contributed by atoms with Crippen LogP contribution in [0.5, 0.6) is 5.75 Å². The van der Waals surface area contributed by atoms with Crippen molar-refractivity contribution in [3.8, 4) is 17.0 Å². The van der Waals surface area contributed by atoms with Gasteiger partial charge in [-0.2, -0.15) is 0 Å². The van der Waals surface area contributed by atoms with Gasteiger partial charge in [0.05, 0.1) is 12.6 Å². The fourth-order valence-corrected chi connectivity index (χ4v) is 2.90. The second kappa shape index (κ2) is 4.67. The van der Waals surface area contributed by atoms with Crippen LogP contribution in [0.3, 0.4) is 0 Å². The third-order valence-corrected chi connectivity index (χ3v) is 3.92. The van der Waals surface area contributed by atoms with Crippen molar-refractivity contribution in [2.24, 2.45) is 0 Å². The van der Waals surface area contributed by atoms with Crippen molar-refractivity contribution in [3.63, 3.8) is 0 Å². The molecule has 4 rings (SSSR count). The smallest absolute Gasteiger partial charge is 0.142 e. The van der Waals surface area contributed by atoms with E-state index in [0.29, 0.717) is 0 Å². The second-order valence-electron chi connectivity index (χ2n) is 5.13. The summed E-state index contributed by atoms with van der Waals surface area (Å²) in [6, 6.07) is 23.1. The van der Waals surface area contributed by atoms with E-state index < -0.39 is 0 Å². The van der Waals surface area contributed by atoms with Crippen LogP contribution in [-0.2, 0) is 0 Å². The number of nitrogens with one attached hydrogen (secondary N) is 1. The molecule has 102 valence electrons. The van der Waals surface area contributed by atoms with Crippen molar-refractivity contribution >= 4 is 21.7 Å².